The number of benzene rings is 2. The van der Waals surface area contributed by atoms with Gasteiger partial charge in [0.1, 0.15) is 24.2 Å². The number of anilines is 2. The highest BCUT2D eigenvalue weighted by molar-refractivity contribution is 6.06. The van der Waals surface area contributed by atoms with E-state index in [1.54, 1.807) is 49.2 Å². The van der Waals surface area contributed by atoms with Crippen LogP contribution in [0.2, 0.25) is 0 Å². The number of allylic oxidation sites excluding steroid dienone is 1. The predicted octanol–water partition coefficient (Wildman–Crippen LogP) is 2.99. The summed E-state index contributed by atoms with van der Waals surface area (Å²) < 4.78 is 13.3. The van der Waals surface area contributed by atoms with Crippen LogP contribution in [0, 0.1) is 0 Å². The van der Waals surface area contributed by atoms with E-state index < -0.39 is 6.04 Å². The average molecular weight is 528 g/mol. The van der Waals surface area contributed by atoms with Gasteiger partial charge in [-0.05, 0) is 29.8 Å². The Morgan fingerprint density at radius 1 is 1.08 bits per heavy atom. The van der Waals surface area contributed by atoms with Gasteiger partial charge in [-0.15, -0.1) is 0 Å². The van der Waals surface area contributed by atoms with Gasteiger partial charge < -0.3 is 25.0 Å². The van der Waals surface area contributed by atoms with Gasteiger partial charge in [-0.2, -0.15) is 5.10 Å². The Kier molecular flexibility index (Phi) is 7.44. The van der Waals surface area contributed by atoms with E-state index in [1.807, 2.05) is 36.4 Å². The molecule has 0 saturated heterocycles. The third-order valence-electron chi connectivity index (χ3n) is 6.45. The molecule has 2 N–H and O–H groups in total. The summed E-state index contributed by atoms with van der Waals surface area (Å²) in [6.45, 7) is 0.437. The zero-order valence-corrected chi connectivity index (χ0v) is 21.7. The van der Waals surface area contributed by atoms with Crippen molar-refractivity contribution in [3.8, 4) is 5.75 Å². The first-order chi connectivity index (χ1) is 18.9. The van der Waals surface area contributed by atoms with E-state index in [2.05, 4.69) is 15.7 Å². The van der Waals surface area contributed by atoms with Gasteiger partial charge in [0.15, 0.2) is 0 Å². The van der Waals surface area contributed by atoms with Crippen LogP contribution < -0.4 is 20.3 Å². The zero-order chi connectivity index (χ0) is 27.4. The molecule has 0 radical (unpaired) electrons. The van der Waals surface area contributed by atoms with Crippen LogP contribution in [0.5, 0.6) is 5.75 Å². The number of hydrogen-bond acceptors (Lipinski definition) is 6. The van der Waals surface area contributed by atoms with Gasteiger partial charge in [-0.1, -0.05) is 36.4 Å². The Morgan fingerprint density at radius 2 is 1.90 bits per heavy atom. The summed E-state index contributed by atoms with van der Waals surface area (Å²) in [6.07, 6.45) is 7.76. The molecule has 3 aromatic rings. The van der Waals surface area contributed by atoms with E-state index in [9.17, 15) is 14.4 Å². The zero-order valence-electron chi connectivity index (χ0n) is 21.7. The first-order valence-corrected chi connectivity index (χ1v) is 12.6. The fraction of sp³-hybridized carbons (Fsp3) is 0.241. The first-order valence-electron chi connectivity index (χ1n) is 12.6. The lowest BCUT2D eigenvalue weighted by atomic mass is 10.1. The number of nitrogens with zero attached hydrogens (tertiary/aromatic N) is 3. The molecule has 3 heterocycles. The highest BCUT2D eigenvalue weighted by Crippen LogP contribution is 2.33. The van der Waals surface area contributed by atoms with E-state index in [-0.39, 0.29) is 24.3 Å². The second-order valence-corrected chi connectivity index (χ2v) is 9.34. The van der Waals surface area contributed by atoms with Gasteiger partial charge >= 0.3 is 0 Å². The first kappa shape index (κ1) is 25.8. The van der Waals surface area contributed by atoms with Crippen LogP contribution in [-0.2, 0) is 27.8 Å². The molecular formula is C29H29N5O5. The largest absolute Gasteiger partial charge is 0.497 e. The quantitative estimate of drug-likeness (QED) is 0.510. The van der Waals surface area contributed by atoms with E-state index in [4.69, 9.17) is 9.47 Å². The third kappa shape index (κ3) is 6.01. The predicted molar refractivity (Wildman–Crippen MR) is 145 cm³/mol. The number of carbonyl (C=O) groups excluding carboxylic acids is 3. The molecule has 39 heavy (non-hydrogen) atoms. The molecule has 0 saturated carbocycles. The van der Waals surface area contributed by atoms with Crippen LogP contribution in [0.1, 0.15) is 22.3 Å². The maximum atomic E-state index is 13.3. The maximum absolute atomic E-state index is 13.3. The summed E-state index contributed by atoms with van der Waals surface area (Å²) in [4.78, 5) is 40.5. The average Bonchev–Trinajstić information content (AvgIpc) is 3.19. The molecule has 3 amide bonds. The molecule has 0 spiro atoms. The summed E-state index contributed by atoms with van der Waals surface area (Å²) in [7, 11) is 3.34. The molecule has 10 heteroatoms. The summed E-state index contributed by atoms with van der Waals surface area (Å²) in [6, 6.07) is 14.0. The molecule has 2 aliphatic heterocycles. The van der Waals surface area contributed by atoms with Crippen molar-refractivity contribution in [1.82, 2.24) is 15.1 Å². The van der Waals surface area contributed by atoms with E-state index >= 15 is 0 Å². The molecule has 2 aliphatic rings. The molecule has 1 aromatic heterocycles. The second-order valence-electron chi connectivity index (χ2n) is 9.34. The molecule has 0 fully saturated rings. The van der Waals surface area contributed by atoms with Crippen molar-refractivity contribution < 1.29 is 23.9 Å². The van der Waals surface area contributed by atoms with E-state index in [1.165, 1.54) is 11.1 Å². The van der Waals surface area contributed by atoms with Crippen molar-refractivity contribution in [2.24, 2.45) is 7.05 Å². The SMILES string of the molecule is CN1C(=O)C(NC(=O)C2=CCCOC(Cc3ccccc3)=C2)COc2ccc(NC(=O)c3cnn(C)c3)cc21. The van der Waals surface area contributed by atoms with E-state index in [0.717, 1.165) is 5.56 Å². The van der Waals surface area contributed by atoms with Crippen molar-refractivity contribution >= 4 is 29.1 Å². The Bertz CT molecular complexity index is 1460. The monoisotopic (exact) mass is 527 g/mol. The fourth-order valence-electron chi connectivity index (χ4n) is 4.40. The number of likely N-dealkylation sites (N-methyl/N-ethyl adjacent to an activating group) is 1. The van der Waals surface area contributed by atoms with Crippen molar-refractivity contribution in [2.45, 2.75) is 18.9 Å². The lowest BCUT2D eigenvalue weighted by Gasteiger charge is -2.21. The van der Waals surface area contributed by atoms with Crippen LogP contribution in [0.25, 0.3) is 0 Å². The normalized spacial score (nSPS) is 16.9. The number of ether oxygens (including phenoxy) is 2. The van der Waals surface area contributed by atoms with Gasteiger partial charge in [0.2, 0.25) is 0 Å². The number of carbonyl (C=O) groups is 3. The van der Waals surface area contributed by atoms with Gasteiger partial charge in [-0.3, -0.25) is 19.1 Å². The van der Waals surface area contributed by atoms with Crippen LogP contribution in [0.15, 0.2) is 84.4 Å². The highest BCUT2D eigenvalue weighted by Gasteiger charge is 2.31. The molecule has 1 atom stereocenters. The topological polar surface area (TPSA) is 115 Å². The van der Waals surface area contributed by atoms with E-state index in [0.29, 0.717) is 53.5 Å². The van der Waals surface area contributed by atoms with Crippen LogP contribution in [0.4, 0.5) is 11.4 Å². The van der Waals surface area contributed by atoms with Gasteiger partial charge in [0, 0.05) is 44.4 Å². The van der Waals surface area contributed by atoms with Gasteiger partial charge in [-0.25, -0.2) is 0 Å². The van der Waals surface area contributed by atoms with Crippen LogP contribution in [-0.4, -0.2) is 53.8 Å². The van der Waals surface area contributed by atoms with Crippen molar-refractivity contribution in [3.63, 3.8) is 0 Å². The Balaban J connectivity index is 1.27. The van der Waals surface area contributed by atoms with Gasteiger partial charge in [0.25, 0.3) is 17.7 Å². The minimum absolute atomic E-state index is 0.0341. The van der Waals surface area contributed by atoms with Gasteiger partial charge in [0.05, 0.1) is 24.1 Å². The molecule has 1 unspecified atom stereocenters. The smallest absolute Gasteiger partial charge is 0.258 e. The van der Waals surface area contributed by atoms with Crippen molar-refractivity contribution in [3.05, 3.63) is 95.5 Å². The van der Waals surface area contributed by atoms with Crippen LogP contribution in [0.3, 0.4) is 0 Å². The number of rotatable bonds is 6. The number of hydrogen-bond donors (Lipinski definition) is 2. The minimum Gasteiger partial charge on any atom is -0.497 e. The number of amides is 3. The Hall–Kier alpha value is -4.86. The molecule has 10 nitrogen and oxygen atoms in total. The molecular weight excluding hydrogens is 498 g/mol. The fourth-order valence-corrected chi connectivity index (χ4v) is 4.40. The lowest BCUT2D eigenvalue weighted by Crippen LogP contribution is -2.49. The highest BCUT2D eigenvalue weighted by atomic mass is 16.5. The molecule has 2 aromatic carbocycles. The lowest BCUT2D eigenvalue weighted by molar-refractivity contribution is -0.125. The summed E-state index contributed by atoms with van der Waals surface area (Å²) >= 11 is 0. The number of aromatic nitrogens is 2. The second kappa shape index (κ2) is 11.3. The standard InChI is InChI=1S/C29H29N5O5/c1-33-17-21(16-30-33)28(36)31-22-10-11-26-25(15-22)34(2)29(37)24(18-39-26)32-27(35)20-9-6-12-38-23(14-20)13-19-7-4-3-5-8-19/h3-5,7-11,14-17,24H,6,12-13,18H2,1-2H3,(H,31,36)(H,32,35). The summed E-state index contributed by atoms with van der Waals surface area (Å²) in [5.41, 5.74) is 2.90. The maximum Gasteiger partial charge on any atom is 0.258 e. The number of aryl methyl sites for hydroxylation is 1. The van der Waals surface area contributed by atoms with Crippen molar-refractivity contribution in [2.75, 3.05) is 30.5 Å². The molecule has 5 rings (SSSR count). The Labute approximate surface area is 225 Å². The number of fused-ring (bicyclic) bond motifs is 1. The molecule has 0 bridgehead atoms. The summed E-state index contributed by atoms with van der Waals surface area (Å²) in [5.74, 6) is 0.119. The third-order valence-corrected chi connectivity index (χ3v) is 6.45. The minimum atomic E-state index is -0.903. The number of nitrogens with one attached hydrogen (secondary N) is 2. The van der Waals surface area contributed by atoms with Crippen molar-refractivity contribution in [1.29, 1.82) is 0 Å². The Morgan fingerprint density at radius 3 is 2.67 bits per heavy atom. The molecule has 0 aliphatic carbocycles. The molecule has 200 valence electrons. The summed E-state index contributed by atoms with van der Waals surface area (Å²) in [5, 5.41) is 9.65. The van der Waals surface area contributed by atoms with Crippen LogP contribution >= 0.6 is 0 Å².